The van der Waals surface area contributed by atoms with Crippen molar-refractivity contribution in [1.82, 2.24) is 4.90 Å². The SMILES string of the molecule is CC(C)(C)OC(=O)N1CCOC(c2ccc(NC=C3C(=O)OC(C)(C)OC3=O)cc2)C1. The van der Waals surface area contributed by atoms with Crippen LogP contribution in [0.3, 0.4) is 0 Å². The number of carbonyl (C=O) groups is 3. The monoisotopic (exact) mass is 432 g/mol. The predicted molar refractivity (Wildman–Crippen MR) is 111 cm³/mol. The van der Waals surface area contributed by atoms with Gasteiger partial charge in [0.15, 0.2) is 5.57 Å². The van der Waals surface area contributed by atoms with E-state index < -0.39 is 23.3 Å². The minimum Gasteiger partial charge on any atom is -0.444 e. The number of esters is 2. The average Bonchev–Trinajstić information content (AvgIpc) is 2.66. The van der Waals surface area contributed by atoms with Crippen LogP contribution in [-0.2, 0) is 28.5 Å². The summed E-state index contributed by atoms with van der Waals surface area (Å²) in [6, 6.07) is 7.27. The van der Waals surface area contributed by atoms with E-state index >= 15 is 0 Å². The molecule has 0 bridgehead atoms. The average molecular weight is 432 g/mol. The molecule has 0 aliphatic carbocycles. The normalized spacial score (nSPS) is 21.1. The Bertz CT molecular complexity index is 862. The molecule has 2 heterocycles. The van der Waals surface area contributed by atoms with Gasteiger partial charge in [0, 0.05) is 32.3 Å². The van der Waals surface area contributed by atoms with Gasteiger partial charge >= 0.3 is 18.0 Å². The van der Waals surface area contributed by atoms with Gasteiger partial charge in [-0.2, -0.15) is 0 Å². The first kappa shape index (κ1) is 22.6. The summed E-state index contributed by atoms with van der Waals surface area (Å²) in [5.74, 6) is -2.77. The van der Waals surface area contributed by atoms with Crippen LogP contribution < -0.4 is 5.32 Å². The van der Waals surface area contributed by atoms with Crippen molar-refractivity contribution in [3.05, 3.63) is 41.6 Å². The van der Waals surface area contributed by atoms with Crippen LogP contribution in [0.15, 0.2) is 36.0 Å². The molecule has 0 saturated carbocycles. The van der Waals surface area contributed by atoms with Crippen molar-refractivity contribution >= 4 is 23.7 Å². The van der Waals surface area contributed by atoms with E-state index in [1.165, 1.54) is 20.0 Å². The van der Waals surface area contributed by atoms with Crippen LogP contribution in [0.4, 0.5) is 10.5 Å². The second kappa shape index (κ2) is 8.58. The third-order valence-corrected chi connectivity index (χ3v) is 4.50. The molecule has 2 aliphatic heterocycles. The van der Waals surface area contributed by atoms with Crippen molar-refractivity contribution in [2.45, 2.75) is 52.1 Å². The van der Waals surface area contributed by atoms with E-state index in [-0.39, 0.29) is 17.8 Å². The molecule has 1 atom stereocenters. The molecule has 9 nitrogen and oxygen atoms in total. The van der Waals surface area contributed by atoms with Crippen LogP contribution in [-0.4, -0.2) is 54.0 Å². The molecule has 2 aliphatic rings. The standard InChI is InChI=1S/C22H28N2O7/c1-21(2,3)31-20(27)24-10-11-28-17(13-24)14-6-8-15(9-7-14)23-12-16-18(25)29-22(4,5)30-19(16)26/h6-9,12,17,23H,10-11,13H2,1-5H3. The fraction of sp³-hybridized carbons (Fsp3) is 0.500. The number of nitrogens with one attached hydrogen (secondary N) is 1. The molecule has 1 unspecified atom stereocenters. The van der Waals surface area contributed by atoms with E-state index in [9.17, 15) is 14.4 Å². The molecule has 1 N–H and O–H groups in total. The maximum atomic E-state index is 12.3. The van der Waals surface area contributed by atoms with E-state index in [1.807, 2.05) is 32.9 Å². The minimum atomic E-state index is -1.28. The minimum absolute atomic E-state index is 0.216. The fourth-order valence-electron chi connectivity index (χ4n) is 3.07. The Labute approximate surface area is 181 Å². The largest absolute Gasteiger partial charge is 0.444 e. The van der Waals surface area contributed by atoms with Gasteiger partial charge in [-0.1, -0.05) is 12.1 Å². The Kier molecular flexibility index (Phi) is 6.26. The Morgan fingerprint density at radius 1 is 1.16 bits per heavy atom. The zero-order chi connectivity index (χ0) is 22.8. The van der Waals surface area contributed by atoms with Gasteiger partial charge < -0.3 is 29.2 Å². The Morgan fingerprint density at radius 3 is 2.35 bits per heavy atom. The highest BCUT2D eigenvalue weighted by molar-refractivity contribution is 6.15. The molecule has 9 heteroatoms. The lowest BCUT2D eigenvalue weighted by molar-refractivity contribution is -0.222. The van der Waals surface area contributed by atoms with Gasteiger partial charge in [0.25, 0.3) is 5.79 Å². The molecule has 31 heavy (non-hydrogen) atoms. The Morgan fingerprint density at radius 2 is 1.77 bits per heavy atom. The molecule has 1 aromatic rings. The van der Waals surface area contributed by atoms with Crippen molar-refractivity contribution in [3.63, 3.8) is 0 Å². The van der Waals surface area contributed by atoms with E-state index in [0.717, 1.165) is 5.56 Å². The van der Waals surface area contributed by atoms with Crippen LogP contribution in [0.5, 0.6) is 0 Å². The molecular weight excluding hydrogens is 404 g/mol. The number of hydrogen-bond acceptors (Lipinski definition) is 8. The summed E-state index contributed by atoms with van der Waals surface area (Å²) in [6.07, 6.45) is 0.621. The fourth-order valence-corrected chi connectivity index (χ4v) is 3.07. The smallest absolute Gasteiger partial charge is 0.410 e. The molecule has 3 rings (SSSR count). The first-order valence-electron chi connectivity index (χ1n) is 10.1. The molecule has 1 aromatic carbocycles. The van der Waals surface area contributed by atoms with Crippen molar-refractivity contribution in [2.75, 3.05) is 25.0 Å². The highest BCUT2D eigenvalue weighted by atomic mass is 16.7. The van der Waals surface area contributed by atoms with Crippen LogP contribution in [0.2, 0.25) is 0 Å². The van der Waals surface area contributed by atoms with E-state index in [2.05, 4.69) is 5.32 Å². The number of cyclic esters (lactones) is 2. The van der Waals surface area contributed by atoms with Gasteiger partial charge in [-0.25, -0.2) is 14.4 Å². The van der Waals surface area contributed by atoms with Crippen LogP contribution in [0, 0.1) is 0 Å². The number of ether oxygens (including phenoxy) is 4. The number of amides is 1. The Balaban J connectivity index is 1.62. The van der Waals surface area contributed by atoms with Gasteiger partial charge in [0.2, 0.25) is 0 Å². The number of rotatable bonds is 3. The van der Waals surface area contributed by atoms with Crippen molar-refractivity contribution in [2.24, 2.45) is 0 Å². The third kappa shape index (κ3) is 5.97. The van der Waals surface area contributed by atoms with Crippen LogP contribution in [0.1, 0.15) is 46.3 Å². The highest BCUT2D eigenvalue weighted by Crippen LogP contribution is 2.26. The zero-order valence-electron chi connectivity index (χ0n) is 18.4. The lowest BCUT2D eigenvalue weighted by Crippen LogP contribution is -2.44. The summed E-state index contributed by atoms with van der Waals surface area (Å²) in [5, 5.41) is 2.90. The maximum Gasteiger partial charge on any atom is 0.410 e. The summed E-state index contributed by atoms with van der Waals surface area (Å²) in [4.78, 5) is 37.9. The van der Waals surface area contributed by atoms with E-state index in [4.69, 9.17) is 18.9 Å². The predicted octanol–water partition coefficient (Wildman–Crippen LogP) is 3.13. The second-order valence-electron chi connectivity index (χ2n) is 8.79. The lowest BCUT2D eigenvalue weighted by Gasteiger charge is -2.34. The van der Waals surface area contributed by atoms with E-state index in [0.29, 0.717) is 25.4 Å². The second-order valence-corrected chi connectivity index (χ2v) is 8.79. The summed E-state index contributed by atoms with van der Waals surface area (Å²) in [5.41, 5.74) is 0.776. The molecule has 1 amide bonds. The van der Waals surface area contributed by atoms with Gasteiger partial charge in [-0.15, -0.1) is 0 Å². The molecule has 168 valence electrons. The quantitative estimate of drug-likeness (QED) is 0.441. The molecule has 0 spiro atoms. The summed E-state index contributed by atoms with van der Waals surface area (Å²) in [6.45, 7) is 9.75. The Hall–Kier alpha value is -3.07. The first-order valence-corrected chi connectivity index (χ1v) is 10.1. The maximum absolute atomic E-state index is 12.3. The molecule has 0 aromatic heterocycles. The number of hydrogen-bond donors (Lipinski definition) is 1. The number of carbonyl (C=O) groups excluding carboxylic acids is 3. The van der Waals surface area contributed by atoms with Gasteiger partial charge in [-0.3, -0.25) is 0 Å². The van der Waals surface area contributed by atoms with Gasteiger partial charge in [0.05, 0.1) is 13.2 Å². The highest BCUT2D eigenvalue weighted by Gasteiger charge is 2.39. The van der Waals surface area contributed by atoms with E-state index in [1.54, 1.807) is 17.0 Å². The van der Waals surface area contributed by atoms with Crippen molar-refractivity contribution in [3.8, 4) is 0 Å². The molecule has 2 saturated heterocycles. The number of nitrogens with zero attached hydrogens (tertiary/aromatic N) is 1. The third-order valence-electron chi connectivity index (χ3n) is 4.50. The summed E-state index contributed by atoms with van der Waals surface area (Å²) >= 11 is 0. The topological polar surface area (TPSA) is 103 Å². The van der Waals surface area contributed by atoms with Crippen LogP contribution in [0.25, 0.3) is 0 Å². The molecule has 2 fully saturated rings. The number of benzene rings is 1. The summed E-state index contributed by atoms with van der Waals surface area (Å²) < 4.78 is 21.4. The van der Waals surface area contributed by atoms with Gasteiger partial charge in [-0.05, 0) is 38.5 Å². The lowest BCUT2D eigenvalue weighted by atomic mass is 10.1. The zero-order valence-corrected chi connectivity index (χ0v) is 18.4. The first-order chi connectivity index (χ1) is 14.4. The van der Waals surface area contributed by atoms with Crippen LogP contribution >= 0.6 is 0 Å². The summed E-state index contributed by atoms with van der Waals surface area (Å²) in [7, 11) is 0. The molecule has 0 radical (unpaired) electrons. The molecular formula is C22H28N2O7. The van der Waals surface area contributed by atoms with Gasteiger partial charge in [0.1, 0.15) is 11.7 Å². The van der Waals surface area contributed by atoms with Crippen molar-refractivity contribution < 1.29 is 33.3 Å². The van der Waals surface area contributed by atoms with Crippen molar-refractivity contribution in [1.29, 1.82) is 0 Å². The number of morpholine rings is 1. The number of anilines is 1.